The van der Waals surface area contributed by atoms with Gasteiger partial charge in [0, 0.05) is 31.9 Å². The first-order valence-electron chi connectivity index (χ1n) is 10.9. The molecule has 1 heterocycles. The molecule has 7 heteroatoms. The van der Waals surface area contributed by atoms with Gasteiger partial charge in [-0.3, -0.25) is 4.68 Å². The van der Waals surface area contributed by atoms with E-state index in [2.05, 4.69) is 54.0 Å². The minimum atomic E-state index is 0. The number of aliphatic imine (C=N–C) groups is 1. The molecule has 1 aromatic carbocycles. The van der Waals surface area contributed by atoms with Crippen LogP contribution in [-0.4, -0.2) is 34.9 Å². The number of hydrogen-bond acceptors (Lipinski definition) is 3. The van der Waals surface area contributed by atoms with Crippen LogP contribution in [0, 0.1) is 6.92 Å². The molecule has 166 valence electrons. The number of benzene rings is 1. The molecule has 0 aliphatic heterocycles. The number of nitrogens with zero attached hydrogens (tertiary/aromatic N) is 3. The van der Waals surface area contributed by atoms with Crippen LogP contribution in [0.3, 0.4) is 0 Å². The average Bonchev–Trinajstić information content (AvgIpc) is 3.36. The Morgan fingerprint density at radius 3 is 2.77 bits per heavy atom. The van der Waals surface area contributed by atoms with Crippen LogP contribution >= 0.6 is 24.0 Å². The van der Waals surface area contributed by atoms with Gasteiger partial charge in [-0.25, -0.2) is 4.99 Å². The number of aromatic nitrogens is 2. The van der Waals surface area contributed by atoms with E-state index in [1.54, 1.807) is 0 Å². The summed E-state index contributed by atoms with van der Waals surface area (Å²) < 4.78 is 8.16. The summed E-state index contributed by atoms with van der Waals surface area (Å²) in [6.07, 6.45) is 11.3. The van der Waals surface area contributed by atoms with Gasteiger partial charge in [0.1, 0.15) is 5.75 Å². The van der Waals surface area contributed by atoms with Crippen molar-refractivity contribution in [2.75, 3.05) is 13.1 Å². The van der Waals surface area contributed by atoms with Crippen LogP contribution in [0.1, 0.15) is 55.7 Å². The summed E-state index contributed by atoms with van der Waals surface area (Å²) in [6, 6.07) is 6.44. The van der Waals surface area contributed by atoms with Gasteiger partial charge in [-0.1, -0.05) is 12.1 Å². The summed E-state index contributed by atoms with van der Waals surface area (Å²) in [5.41, 5.74) is 3.64. The van der Waals surface area contributed by atoms with E-state index in [0.29, 0.717) is 12.6 Å². The van der Waals surface area contributed by atoms with Crippen molar-refractivity contribution >= 4 is 29.9 Å². The number of halogens is 1. The molecule has 2 N–H and O–H groups in total. The molecule has 0 radical (unpaired) electrons. The Morgan fingerprint density at radius 1 is 1.27 bits per heavy atom. The highest BCUT2D eigenvalue weighted by Gasteiger charge is 2.18. The van der Waals surface area contributed by atoms with Crippen molar-refractivity contribution in [3.8, 4) is 5.75 Å². The van der Waals surface area contributed by atoms with Gasteiger partial charge in [-0.2, -0.15) is 5.10 Å². The maximum atomic E-state index is 6.31. The second-order valence-corrected chi connectivity index (χ2v) is 7.88. The lowest BCUT2D eigenvalue weighted by Crippen LogP contribution is -2.37. The number of rotatable bonds is 9. The predicted octanol–water partition coefficient (Wildman–Crippen LogP) is 4.36. The monoisotopic (exact) mass is 525 g/mol. The molecule has 1 aliphatic rings. The van der Waals surface area contributed by atoms with E-state index in [9.17, 15) is 0 Å². The lowest BCUT2D eigenvalue weighted by molar-refractivity contribution is 0.208. The van der Waals surface area contributed by atoms with Gasteiger partial charge in [-0.15, -0.1) is 24.0 Å². The van der Waals surface area contributed by atoms with Gasteiger partial charge in [0.15, 0.2) is 5.96 Å². The van der Waals surface area contributed by atoms with Gasteiger partial charge in [0.2, 0.25) is 0 Å². The first-order valence-corrected chi connectivity index (χ1v) is 10.9. The topological polar surface area (TPSA) is 63.5 Å². The summed E-state index contributed by atoms with van der Waals surface area (Å²) in [6.45, 7) is 6.53. The van der Waals surface area contributed by atoms with E-state index in [4.69, 9.17) is 9.73 Å². The smallest absolute Gasteiger partial charge is 0.191 e. The van der Waals surface area contributed by atoms with Crippen LogP contribution in [0.25, 0.3) is 0 Å². The number of ether oxygens (including phenoxy) is 1. The van der Waals surface area contributed by atoms with Crippen molar-refractivity contribution < 1.29 is 4.74 Å². The van der Waals surface area contributed by atoms with Crippen molar-refractivity contribution in [3.63, 3.8) is 0 Å². The fourth-order valence-corrected chi connectivity index (χ4v) is 3.69. The van der Waals surface area contributed by atoms with Gasteiger partial charge in [0.25, 0.3) is 0 Å². The van der Waals surface area contributed by atoms with Gasteiger partial charge in [-0.05, 0) is 69.6 Å². The summed E-state index contributed by atoms with van der Waals surface area (Å²) in [5, 5.41) is 11.0. The summed E-state index contributed by atoms with van der Waals surface area (Å²) in [4.78, 5) is 4.80. The van der Waals surface area contributed by atoms with E-state index >= 15 is 0 Å². The van der Waals surface area contributed by atoms with Crippen molar-refractivity contribution in [2.45, 2.75) is 65.0 Å². The highest BCUT2D eigenvalue weighted by molar-refractivity contribution is 14.0. The van der Waals surface area contributed by atoms with Crippen molar-refractivity contribution in [3.05, 3.63) is 47.3 Å². The maximum absolute atomic E-state index is 6.31. The first kappa shape index (κ1) is 24.5. The fourth-order valence-electron chi connectivity index (χ4n) is 3.69. The lowest BCUT2D eigenvalue weighted by atomic mass is 10.1. The largest absolute Gasteiger partial charge is 0.490 e. The van der Waals surface area contributed by atoms with E-state index in [1.807, 2.05) is 17.9 Å². The molecule has 30 heavy (non-hydrogen) atoms. The normalized spacial score (nSPS) is 14.4. The molecule has 0 unspecified atom stereocenters. The minimum absolute atomic E-state index is 0. The Labute approximate surface area is 197 Å². The zero-order chi connectivity index (χ0) is 20.5. The Hall–Kier alpha value is -1.77. The highest BCUT2D eigenvalue weighted by Crippen LogP contribution is 2.28. The molecule has 1 aliphatic carbocycles. The molecule has 3 rings (SSSR count). The Morgan fingerprint density at radius 2 is 2.07 bits per heavy atom. The lowest BCUT2D eigenvalue weighted by Gasteiger charge is -2.17. The van der Waals surface area contributed by atoms with Gasteiger partial charge in [0.05, 0.1) is 18.8 Å². The van der Waals surface area contributed by atoms with Crippen LogP contribution in [0.5, 0.6) is 5.75 Å². The SMILES string of the molecule is CCNC(=NCc1ccc(C)cc1OC1CCCC1)NCCCc1cnn(C)c1.I. The Bertz CT molecular complexity index is 799. The van der Waals surface area contributed by atoms with Crippen LogP contribution in [0.2, 0.25) is 0 Å². The number of guanidine groups is 1. The van der Waals surface area contributed by atoms with Gasteiger partial charge < -0.3 is 15.4 Å². The molecular formula is C23H36IN5O. The molecule has 0 atom stereocenters. The third-order valence-corrected chi connectivity index (χ3v) is 5.26. The quantitative estimate of drug-likeness (QED) is 0.221. The number of nitrogens with one attached hydrogen (secondary N) is 2. The van der Waals surface area contributed by atoms with Crippen molar-refractivity contribution in [2.24, 2.45) is 12.0 Å². The molecule has 0 spiro atoms. The first-order chi connectivity index (χ1) is 14.1. The van der Waals surface area contributed by atoms with Crippen LogP contribution in [-0.2, 0) is 20.0 Å². The van der Waals surface area contributed by atoms with Crippen LogP contribution in [0.15, 0.2) is 35.6 Å². The molecular weight excluding hydrogens is 489 g/mol. The minimum Gasteiger partial charge on any atom is -0.490 e. The molecule has 0 saturated heterocycles. The number of hydrogen-bond donors (Lipinski definition) is 2. The van der Waals surface area contributed by atoms with E-state index < -0.39 is 0 Å². The fraction of sp³-hybridized carbons (Fsp3) is 0.565. The van der Waals surface area contributed by atoms with E-state index in [-0.39, 0.29) is 24.0 Å². The molecule has 6 nitrogen and oxygen atoms in total. The molecule has 1 saturated carbocycles. The summed E-state index contributed by atoms with van der Waals surface area (Å²) >= 11 is 0. The molecule has 2 aromatic rings. The predicted molar refractivity (Wildman–Crippen MR) is 134 cm³/mol. The third-order valence-electron chi connectivity index (χ3n) is 5.26. The highest BCUT2D eigenvalue weighted by atomic mass is 127. The summed E-state index contributed by atoms with van der Waals surface area (Å²) in [7, 11) is 1.95. The van der Waals surface area contributed by atoms with Crippen molar-refractivity contribution in [1.29, 1.82) is 0 Å². The van der Waals surface area contributed by atoms with Gasteiger partial charge >= 0.3 is 0 Å². The third kappa shape index (κ3) is 7.81. The Balaban J connectivity index is 0.00000320. The van der Waals surface area contributed by atoms with Crippen LogP contribution in [0.4, 0.5) is 0 Å². The maximum Gasteiger partial charge on any atom is 0.191 e. The molecule has 0 bridgehead atoms. The van der Waals surface area contributed by atoms with E-state index in [0.717, 1.165) is 56.0 Å². The number of aryl methyl sites for hydroxylation is 3. The molecule has 1 fully saturated rings. The zero-order valence-electron chi connectivity index (χ0n) is 18.5. The standard InChI is InChI=1S/C23H35N5O.HI/c1-4-24-23(25-13-7-8-19-15-27-28(3)17-19)26-16-20-12-11-18(2)14-22(20)29-21-9-5-6-10-21;/h11-12,14-15,17,21H,4-10,13,16H2,1-3H3,(H2,24,25,26);1H. The van der Waals surface area contributed by atoms with Crippen LogP contribution < -0.4 is 15.4 Å². The molecule has 0 amide bonds. The van der Waals surface area contributed by atoms with E-state index in [1.165, 1.54) is 24.0 Å². The second kappa shape index (κ2) is 12.8. The molecule has 1 aromatic heterocycles. The summed E-state index contributed by atoms with van der Waals surface area (Å²) in [5.74, 6) is 1.85. The van der Waals surface area contributed by atoms with Crippen molar-refractivity contribution in [1.82, 2.24) is 20.4 Å². The second-order valence-electron chi connectivity index (χ2n) is 7.88. The Kier molecular flexibility index (Phi) is 10.5. The zero-order valence-corrected chi connectivity index (χ0v) is 20.8. The average molecular weight is 525 g/mol.